The first-order chi connectivity index (χ1) is 12.2. The van der Waals surface area contributed by atoms with Crippen molar-refractivity contribution in [2.24, 2.45) is 5.92 Å². The molecule has 130 valence electrons. The Morgan fingerprint density at radius 2 is 1.84 bits per heavy atom. The summed E-state index contributed by atoms with van der Waals surface area (Å²) in [5, 5.41) is 4.18. The monoisotopic (exact) mass is 333 g/mol. The van der Waals surface area contributed by atoms with E-state index in [0.29, 0.717) is 5.92 Å². The van der Waals surface area contributed by atoms with Crippen LogP contribution in [0.5, 0.6) is 0 Å². The number of hydrogen-bond acceptors (Lipinski definition) is 2. The van der Waals surface area contributed by atoms with E-state index >= 15 is 0 Å². The Balaban J connectivity index is 1.68. The maximum atomic E-state index is 5.45. The summed E-state index contributed by atoms with van der Waals surface area (Å²) in [4.78, 5) is 0. The van der Waals surface area contributed by atoms with Crippen LogP contribution in [0.1, 0.15) is 67.0 Å². The first kappa shape index (κ1) is 16.4. The van der Waals surface area contributed by atoms with Gasteiger partial charge in [0.05, 0.1) is 5.69 Å². The molecule has 0 amide bonds. The van der Waals surface area contributed by atoms with Crippen LogP contribution in [0.25, 0.3) is 5.57 Å². The van der Waals surface area contributed by atoms with Crippen molar-refractivity contribution in [2.75, 3.05) is 0 Å². The Morgan fingerprint density at radius 3 is 2.52 bits per heavy atom. The van der Waals surface area contributed by atoms with Crippen LogP contribution in [-0.2, 0) is 0 Å². The van der Waals surface area contributed by atoms with Gasteiger partial charge < -0.3 is 4.52 Å². The number of allylic oxidation sites excluding steroid dienone is 4. The highest BCUT2D eigenvalue weighted by molar-refractivity contribution is 5.73. The van der Waals surface area contributed by atoms with Gasteiger partial charge in [0, 0.05) is 11.5 Å². The summed E-state index contributed by atoms with van der Waals surface area (Å²) >= 11 is 0. The molecule has 1 aromatic heterocycles. The summed E-state index contributed by atoms with van der Waals surface area (Å²) in [5.74, 6) is 2.26. The molecule has 25 heavy (non-hydrogen) atoms. The van der Waals surface area contributed by atoms with E-state index in [0.717, 1.165) is 23.8 Å². The first-order valence-corrected chi connectivity index (χ1v) is 9.60. The molecule has 0 bridgehead atoms. The van der Waals surface area contributed by atoms with Crippen LogP contribution >= 0.6 is 0 Å². The molecule has 1 fully saturated rings. The van der Waals surface area contributed by atoms with Crippen LogP contribution in [0, 0.1) is 19.8 Å². The van der Waals surface area contributed by atoms with E-state index in [2.05, 4.69) is 54.6 Å². The van der Waals surface area contributed by atoms with Crippen molar-refractivity contribution in [3.05, 3.63) is 70.6 Å². The molecule has 0 N–H and O–H groups in total. The van der Waals surface area contributed by atoms with E-state index in [1.807, 2.05) is 6.92 Å². The predicted molar refractivity (Wildman–Crippen MR) is 102 cm³/mol. The third-order valence-electron chi connectivity index (χ3n) is 5.80. The average molecular weight is 333 g/mol. The maximum Gasteiger partial charge on any atom is 0.141 e. The number of aromatic nitrogens is 1. The van der Waals surface area contributed by atoms with E-state index in [1.54, 1.807) is 0 Å². The molecule has 2 aliphatic rings. The molecule has 1 saturated carbocycles. The van der Waals surface area contributed by atoms with Gasteiger partial charge in [-0.05, 0) is 43.7 Å². The van der Waals surface area contributed by atoms with Crippen LogP contribution < -0.4 is 0 Å². The van der Waals surface area contributed by atoms with Crippen molar-refractivity contribution >= 4 is 5.57 Å². The number of rotatable bonds is 4. The van der Waals surface area contributed by atoms with Crippen molar-refractivity contribution in [3.63, 3.8) is 0 Å². The summed E-state index contributed by atoms with van der Waals surface area (Å²) in [5.41, 5.74) is 6.53. The third-order valence-corrected chi connectivity index (χ3v) is 5.80. The summed E-state index contributed by atoms with van der Waals surface area (Å²) in [6, 6.07) is 10.9. The Hall–Kier alpha value is -2.09. The van der Waals surface area contributed by atoms with E-state index in [9.17, 15) is 0 Å². The Labute approximate surface area is 150 Å². The second kappa shape index (κ2) is 7.03. The smallest absolute Gasteiger partial charge is 0.141 e. The quantitative estimate of drug-likeness (QED) is 0.650. The maximum absolute atomic E-state index is 5.45. The molecule has 1 aromatic carbocycles. The van der Waals surface area contributed by atoms with Gasteiger partial charge in [0.25, 0.3) is 0 Å². The lowest BCUT2D eigenvalue weighted by atomic mass is 9.80. The minimum absolute atomic E-state index is 0.450. The lowest BCUT2D eigenvalue weighted by Crippen LogP contribution is -2.07. The van der Waals surface area contributed by atoms with Crippen LogP contribution in [0.3, 0.4) is 0 Å². The SMILES string of the molecule is Cc1noc(C)c1C1=CC(CC2CCCC2)=CC(c2ccccc2)C1. The fraction of sp³-hybridized carbons (Fsp3) is 0.435. The van der Waals surface area contributed by atoms with Gasteiger partial charge in [-0.25, -0.2) is 0 Å². The van der Waals surface area contributed by atoms with Crippen LogP contribution in [0.4, 0.5) is 0 Å². The Bertz CT molecular complexity index is 771. The molecule has 2 aliphatic carbocycles. The van der Waals surface area contributed by atoms with Crippen LogP contribution in [0.2, 0.25) is 0 Å². The predicted octanol–water partition coefficient (Wildman–Crippen LogP) is 6.37. The largest absolute Gasteiger partial charge is 0.361 e. The topological polar surface area (TPSA) is 26.0 Å². The van der Waals surface area contributed by atoms with Gasteiger partial charge in [0.1, 0.15) is 5.76 Å². The number of hydrogen-bond donors (Lipinski definition) is 0. The van der Waals surface area contributed by atoms with E-state index in [4.69, 9.17) is 4.52 Å². The second-order valence-corrected chi connectivity index (χ2v) is 7.69. The zero-order valence-electron chi connectivity index (χ0n) is 15.3. The first-order valence-electron chi connectivity index (χ1n) is 9.60. The summed E-state index contributed by atoms with van der Waals surface area (Å²) in [6.07, 6.45) is 12.8. The molecule has 1 heterocycles. The van der Waals surface area contributed by atoms with E-state index in [-0.39, 0.29) is 0 Å². The molecule has 0 aliphatic heterocycles. The summed E-state index contributed by atoms with van der Waals surface area (Å²) in [7, 11) is 0. The van der Waals surface area contributed by atoms with Gasteiger partial charge in [-0.1, -0.05) is 78.9 Å². The molecule has 0 radical (unpaired) electrons. The molecule has 0 spiro atoms. The van der Waals surface area contributed by atoms with Crippen molar-refractivity contribution in [1.82, 2.24) is 5.16 Å². The van der Waals surface area contributed by atoms with Gasteiger partial charge in [0.2, 0.25) is 0 Å². The lowest BCUT2D eigenvalue weighted by Gasteiger charge is -2.24. The van der Waals surface area contributed by atoms with E-state index in [1.165, 1.54) is 54.4 Å². The number of nitrogens with zero attached hydrogens (tertiary/aromatic N) is 1. The molecule has 2 aromatic rings. The summed E-state index contributed by atoms with van der Waals surface area (Å²) < 4.78 is 5.45. The minimum atomic E-state index is 0.450. The molecule has 1 atom stereocenters. The van der Waals surface area contributed by atoms with Gasteiger partial charge >= 0.3 is 0 Å². The highest BCUT2D eigenvalue weighted by Gasteiger charge is 2.24. The van der Waals surface area contributed by atoms with Crippen molar-refractivity contribution in [2.45, 2.75) is 58.3 Å². The number of benzene rings is 1. The van der Waals surface area contributed by atoms with Crippen LogP contribution in [0.15, 0.2) is 52.6 Å². The minimum Gasteiger partial charge on any atom is -0.361 e. The summed E-state index contributed by atoms with van der Waals surface area (Å²) in [6.45, 7) is 4.09. The zero-order valence-corrected chi connectivity index (χ0v) is 15.3. The fourth-order valence-electron chi connectivity index (χ4n) is 4.59. The van der Waals surface area contributed by atoms with Gasteiger partial charge in [-0.3, -0.25) is 0 Å². The van der Waals surface area contributed by atoms with Crippen LogP contribution in [-0.4, -0.2) is 5.16 Å². The molecular formula is C23H27NO. The molecule has 2 nitrogen and oxygen atoms in total. The molecule has 0 saturated heterocycles. The van der Waals surface area contributed by atoms with Gasteiger partial charge in [0.15, 0.2) is 0 Å². The van der Waals surface area contributed by atoms with Crippen molar-refractivity contribution in [1.29, 1.82) is 0 Å². The third kappa shape index (κ3) is 3.49. The van der Waals surface area contributed by atoms with Crippen molar-refractivity contribution < 1.29 is 4.52 Å². The van der Waals surface area contributed by atoms with Gasteiger partial charge in [-0.15, -0.1) is 0 Å². The fourth-order valence-corrected chi connectivity index (χ4v) is 4.59. The average Bonchev–Trinajstić information content (AvgIpc) is 3.25. The highest BCUT2D eigenvalue weighted by Crippen LogP contribution is 2.41. The molecule has 4 rings (SSSR count). The highest BCUT2D eigenvalue weighted by atomic mass is 16.5. The van der Waals surface area contributed by atoms with Crippen molar-refractivity contribution in [3.8, 4) is 0 Å². The number of aryl methyl sites for hydroxylation is 2. The zero-order chi connectivity index (χ0) is 17.2. The van der Waals surface area contributed by atoms with E-state index < -0.39 is 0 Å². The lowest BCUT2D eigenvalue weighted by molar-refractivity contribution is 0.393. The molecule has 1 unspecified atom stereocenters. The molecular weight excluding hydrogens is 306 g/mol. The Kier molecular flexibility index (Phi) is 4.61. The standard InChI is InChI=1S/C23H27NO/c1-16-23(17(2)25-24-16)22-14-19(12-18-8-6-7-9-18)13-21(15-22)20-10-4-3-5-11-20/h3-5,10-11,13-14,18,21H,6-9,12,15H2,1-2H3. The Morgan fingerprint density at radius 1 is 1.08 bits per heavy atom. The molecule has 2 heteroatoms. The second-order valence-electron chi connectivity index (χ2n) is 7.69. The van der Waals surface area contributed by atoms with Gasteiger partial charge in [-0.2, -0.15) is 0 Å². The normalized spacial score (nSPS) is 21.3.